The molecule has 0 atom stereocenters. The van der Waals surface area contributed by atoms with Crippen molar-refractivity contribution in [3.8, 4) is 11.5 Å². The molecule has 24 heavy (non-hydrogen) atoms. The van der Waals surface area contributed by atoms with Crippen LogP contribution >= 0.6 is 0 Å². The number of carbonyl (C=O) groups is 1. The molecule has 1 aromatic carbocycles. The Bertz CT molecular complexity index is 724. The molecule has 6 heteroatoms. The van der Waals surface area contributed by atoms with E-state index in [1.54, 1.807) is 44.7 Å². The number of amides is 1. The quantitative estimate of drug-likeness (QED) is 0.877. The molecule has 128 valence electrons. The molecule has 2 rings (SSSR count). The number of benzene rings is 1. The summed E-state index contributed by atoms with van der Waals surface area (Å²) in [6, 6.07) is 6.98. The van der Waals surface area contributed by atoms with Gasteiger partial charge in [-0.15, -0.1) is 0 Å². The average Bonchev–Trinajstić information content (AvgIpc) is 2.53. The highest BCUT2D eigenvalue weighted by Crippen LogP contribution is 2.29. The Labute approximate surface area is 142 Å². The molecule has 1 aromatic heterocycles. The number of hydrogen-bond donors (Lipinski definition) is 2. The number of hydrogen-bond acceptors (Lipinski definition) is 5. The summed E-state index contributed by atoms with van der Waals surface area (Å²) in [7, 11) is 3.12. The fraction of sp³-hybridized carbons (Fsp3) is 0.333. The largest absolute Gasteiger partial charge is 0.497 e. The van der Waals surface area contributed by atoms with Crippen molar-refractivity contribution in [1.82, 2.24) is 4.98 Å². The fourth-order valence-corrected chi connectivity index (χ4v) is 2.16. The smallest absolute Gasteiger partial charge is 0.257 e. The zero-order valence-corrected chi connectivity index (χ0v) is 14.6. The van der Waals surface area contributed by atoms with Gasteiger partial charge in [0.05, 0.1) is 31.2 Å². The van der Waals surface area contributed by atoms with E-state index in [-0.39, 0.29) is 11.4 Å². The van der Waals surface area contributed by atoms with E-state index in [0.29, 0.717) is 22.7 Å². The van der Waals surface area contributed by atoms with E-state index in [0.717, 1.165) is 5.69 Å². The van der Waals surface area contributed by atoms with Crippen LogP contribution < -0.4 is 20.1 Å². The first-order chi connectivity index (χ1) is 11.3. The second-order valence-corrected chi connectivity index (χ2v) is 6.36. The molecule has 0 aliphatic rings. The Morgan fingerprint density at radius 3 is 2.46 bits per heavy atom. The second kappa shape index (κ2) is 7.21. The Hall–Kier alpha value is -2.76. The van der Waals surface area contributed by atoms with Crippen LogP contribution in [0.25, 0.3) is 0 Å². The van der Waals surface area contributed by atoms with E-state index in [9.17, 15) is 4.79 Å². The Morgan fingerprint density at radius 2 is 1.83 bits per heavy atom. The van der Waals surface area contributed by atoms with E-state index >= 15 is 0 Å². The summed E-state index contributed by atoms with van der Waals surface area (Å²) in [6.07, 6.45) is 3.22. The van der Waals surface area contributed by atoms with Gasteiger partial charge in [0.1, 0.15) is 11.5 Å². The van der Waals surface area contributed by atoms with Crippen molar-refractivity contribution >= 4 is 17.3 Å². The van der Waals surface area contributed by atoms with Crippen LogP contribution in [0.5, 0.6) is 11.5 Å². The van der Waals surface area contributed by atoms with Gasteiger partial charge in [-0.05, 0) is 39.0 Å². The van der Waals surface area contributed by atoms with Gasteiger partial charge < -0.3 is 20.1 Å². The monoisotopic (exact) mass is 329 g/mol. The van der Waals surface area contributed by atoms with Crippen molar-refractivity contribution in [2.45, 2.75) is 26.3 Å². The molecule has 0 spiro atoms. The standard InChI is InChI=1S/C18H23N3O3/c1-18(2,3)21-13-8-12(10-19-11-13)17(22)20-15-7-6-14(23-4)9-16(15)24-5/h6-11,21H,1-5H3,(H,20,22). The van der Waals surface area contributed by atoms with Gasteiger partial charge in [-0.25, -0.2) is 0 Å². The number of rotatable bonds is 5. The molecule has 0 bridgehead atoms. The van der Waals surface area contributed by atoms with E-state index in [1.165, 1.54) is 6.20 Å². The first-order valence-electron chi connectivity index (χ1n) is 7.59. The third-order valence-electron chi connectivity index (χ3n) is 3.18. The summed E-state index contributed by atoms with van der Waals surface area (Å²) in [5, 5.41) is 6.13. The summed E-state index contributed by atoms with van der Waals surface area (Å²) in [5.41, 5.74) is 1.70. The molecule has 1 heterocycles. The fourth-order valence-electron chi connectivity index (χ4n) is 2.16. The van der Waals surface area contributed by atoms with Gasteiger partial charge in [0.25, 0.3) is 5.91 Å². The number of anilines is 2. The van der Waals surface area contributed by atoms with Crippen molar-refractivity contribution in [3.05, 3.63) is 42.2 Å². The molecule has 2 aromatic rings. The second-order valence-electron chi connectivity index (χ2n) is 6.36. The van der Waals surface area contributed by atoms with Gasteiger partial charge in [0.15, 0.2) is 0 Å². The van der Waals surface area contributed by atoms with Gasteiger partial charge in [-0.1, -0.05) is 0 Å². The average molecular weight is 329 g/mol. The molecule has 0 radical (unpaired) electrons. The molecular weight excluding hydrogens is 306 g/mol. The number of ether oxygens (including phenoxy) is 2. The molecule has 0 aliphatic carbocycles. The molecule has 0 unspecified atom stereocenters. The van der Waals surface area contributed by atoms with Crippen molar-refractivity contribution in [3.63, 3.8) is 0 Å². The predicted octanol–water partition coefficient (Wildman–Crippen LogP) is 3.56. The van der Waals surface area contributed by atoms with Crippen LogP contribution in [0.1, 0.15) is 31.1 Å². The molecule has 1 amide bonds. The van der Waals surface area contributed by atoms with Crippen molar-refractivity contribution < 1.29 is 14.3 Å². The van der Waals surface area contributed by atoms with Crippen LogP contribution in [-0.2, 0) is 0 Å². The molecule has 2 N–H and O–H groups in total. The SMILES string of the molecule is COc1ccc(NC(=O)c2cncc(NC(C)(C)C)c2)c(OC)c1. The number of carbonyl (C=O) groups excluding carboxylic acids is 1. The number of aromatic nitrogens is 1. The van der Waals surface area contributed by atoms with Crippen LogP contribution in [0.4, 0.5) is 11.4 Å². The zero-order chi connectivity index (χ0) is 17.7. The highest BCUT2D eigenvalue weighted by Gasteiger charge is 2.14. The van der Waals surface area contributed by atoms with Crippen molar-refractivity contribution in [2.75, 3.05) is 24.9 Å². The lowest BCUT2D eigenvalue weighted by Gasteiger charge is -2.22. The Kier molecular flexibility index (Phi) is 5.28. The van der Waals surface area contributed by atoms with Crippen LogP contribution in [0, 0.1) is 0 Å². The lowest BCUT2D eigenvalue weighted by molar-refractivity contribution is 0.102. The highest BCUT2D eigenvalue weighted by molar-refractivity contribution is 6.05. The van der Waals surface area contributed by atoms with Crippen LogP contribution in [0.2, 0.25) is 0 Å². The molecule has 0 saturated heterocycles. The van der Waals surface area contributed by atoms with Crippen molar-refractivity contribution in [2.24, 2.45) is 0 Å². The van der Waals surface area contributed by atoms with Crippen LogP contribution in [0.3, 0.4) is 0 Å². The lowest BCUT2D eigenvalue weighted by Crippen LogP contribution is -2.26. The predicted molar refractivity (Wildman–Crippen MR) is 95.1 cm³/mol. The summed E-state index contributed by atoms with van der Waals surface area (Å²) in [5.74, 6) is 0.922. The first kappa shape index (κ1) is 17.6. The summed E-state index contributed by atoms with van der Waals surface area (Å²) in [6.45, 7) is 6.13. The lowest BCUT2D eigenvalue weighted by atomic mass is 10.1. The van der Waals surface area contributed by atoms with Gasteiger partial charge >= 0.3 is 0 Å². The first-order valence-corrected chi connectivity index (χ1v) is 7.59. The molecule has 0 fully saturated rings. The van der Waals surface area contributed by atoms with E-state index in [4.69, 9.17) is 9.47 Å². The minimum absolute atomic E-state index is 0.115. The molecule has 0 saturated carbocycles. The number of nitrogens with zero attached hydrogens (tertiary/aromatic N) is 1. The highest BCUT2D eigenvalue weighted by atomic mass is 16.5. The number of methoxy groups -OCH3 is 2. The van der Waals surface area contributed by atoms with Crippen LogP contribution in [0.15, 0.2) is 36.7 Å². The van der Waals surface area contributed by atoms with Crippen LogP contribution in [-0.4, -0.2) is 30.6 Å². The van der Waals surface area contributed by atoms with E-state index in [2.05, 4.69) is 15.6 Å². The maximum Gasteiger partial charge on any atom is 0.257 e. The normalized spacial score (nSPS) is 10.9. The minimum atomic E-state index is -0.261. The zero-order valence-electron chi connectivity index (χ0n) is 14.6. The Morgan fingerprint density at radius 1 is 1.08 bits per heavy atom. The Balaban J connectivity index is 2.20. The van der Waals surface area contributed by atoms with E-state index in [1.807, 2.05) is 20.8 Å². The summed E-state index contributed by atoms with van der Waals surface area (Å²) in [4.78, 5) is 16.6. The van der Waals surface area contributed by atoms with Gasteiger partial charge in [0.2, 0.25) is 0 Å². The van der Waals surface area contributed by atoms with Gasteiger partial charge in [-0.3, -0.25) is 9.78 Å². The minimum Gasteiger partial charge on any atom is -0.497 e. The summed E-state index contributed by atoms with van der Waals surface area (Å²) >= 11 is 0. The third-order valence-corrected chi connectivity index (χ3v) is 3.18. The molecular formula is C18H23N3O3. The van der Waals surface area contributed by atoms with Gasteiger partial charge in [0, 0.05) is 24.0 Å². The molecule has 6 nitrogen and oxygen atoms in total. The molecule has 0 aliphatic heterocycles. The maximum atomic E-state index is 12.5. The topological polar surface area (TPSA) is 72.5 Å². The van der Waals surface area contributed by atoms with Gasteiger partial charge in [-0.2, -0.15) is 0 Å². The summed E-state index contributed by atoms with van der Waals surface area (Å²) < 4.78 is 10.4. The number of pyridine rings is 1. The number of nitrogens with one attached hydrogen (secondary N) is 2. The third kappa shape index (κ3) is 4.62. The maximum absolute atomic E-state index is 12.5. The van der Waals surface area contributed by atoms with E-state index < -0.39 is 0 Å². The van der Waals surface area contributed by atoms with Crippen molar-refractivity contribution in [1.29, 1.82) is 0 Å².